The lowest BCUT2D eigenvalue weighted by molar-refractivity contribution is 0.543. The van der Waals surface area contributed by atoms with Crippen LogP contribution in [0.3, 0.4) is 0 Å². The smallest absolute Gasteiger partial charge is 0.108 e. The fraction of sp³-hybridized carbons (Fsp3) is 0.533. The molecule has 0 fully saturated rings. The van der Waals surface area contributed by atoms with E-state index in [4.69, 9.17) is 0 Å². The van der Waals surface area contributed by atoms with E-state index in [9.17, 15) is 0 Å². The summed E-state index contributed by atoms with van der Waals surface area (Å²) in [5.74, 6) is 1.17. The van der Waals surface area contributed by atoms with Gasteiger partial charge in [-0.25, -0.2) is 4.98 Å². The van der Waals surface area contributed by atoms with Gasteiger partial charge in [-0.2, -0.15) is 0 Å². The van der Waals surface area contributed by atoms with E-state index in [0.29, 0.717) is 6.04 Å². The SMILES string of the molecule is CNC(CCc1nccn1C)c1cc2c(s1)CCC2. The molecule has 1 aliphatic rings. The maximum atomic E-state index is 4.40. The van der Waals surface area contributed by atoms with Crippen molar-refractivity contribution < 1.29 is 0 Å². The monoisotopic (exact) mass is 275 g/mol. The van der Waals surface area contributed by atoms with E-state index >= 15 is 0 Å². The van der Waals surface area contributed by atoms with Gasteiger partial charge < -0.3 is 9.88 Å². The van der Waals surface area contributed by atoms with E-state index in [1.165, 1.54) is 30.0 Å². The third kappa shape index (κ3) is 2.60. The zero-order valence-corrected chi connectivity index (χ0v) is 12.5. The van der Waals surface area contributed by atoms with Crippen LogP contribution in [0.2, 0.25) is 0 Å². The summed E-state index contributed by atoms with van der Waals surface area (Å²) in [6.45, 7) is 0. The van der Waals surface area contributed by atoms with Crippen molar-refractivity contribution >= 4 is 11.3 Å². The van der Waals surface area contributed by atoms with Gasteiger partial charge in [0.25, 0.3) is 0 Å². The number of fused-ring (bicyclic) bond motifs is 1. The molecule has 0 saturated carbocycles. The van der Waals surface area contributed by atoms with E-state index in [1.807, 2.05) is 23.7 Å². The number of hydrogen-bond acceptors (Lipinski definition) is 3. The highest BCUT2D eigenvalue weighted by molar-refractivity contribution is 7.12. The molecule has 1 N–H and O–H groups in total. The van der Waals surface area contributed by atoms with Gasteiger partial charge in [-0.1, -0.05) is 0 Å². The number of aryl methyl sites for hydroxylation is 4. The Morgan fingerprint density at radius 1 is 1.47 bits per heavy atom. The van der Waals surface area contributed by atoms with Crippen LogP contribution in [0.25, 0.3) is 0 Å². The molecule has 1 atom stereocenters. The summed E-state index contributed by atoms with van der Waals surface area (Å²) in [7, 11) is 4.13. The molecule has 1 aliphatic carbocycles. The Labute approximate surface area is 118 Å². The lowest BCUT2D eigenvalue weighted by Crippen LogP contribution is -2.16. The molecule has 0 aliphatic heterocycles. The first kappa shape index (κ1) is 12.9. The summed E-state index contributed by atoms with van der Waals surface area (Å²) in [5, 5.41) is 3.46. The normalized spacial score (nSPS) is 15.7. The molecule has 0 bridgehead atoms. The first-order chi connectivity index (χ1) is 9.28. The lowest BCUT2D eigenvalue weighted by atomic mass is 10.1. The number of nitrogens with zero attached hydrogens (tertiary/aromatic N) is 2. The van der Waals surface area contributed by atoms with Crippen molar-refractivity contribution in [1.29, 1.82) is 0 Å². The van der Waals surface area contributed by atoms with Crippen LogP contribution in [0.4, 0.5) is 0 Å². The summed E-state index contributed by atoms with van der Waals surface area (Å²) >= 11 is 2.01. The Balaban J connectivity index is 1.68. The van der Waals surface area contributed by atoms with Crippen molar-refractivity contribution in [1.82, 2.24) is 14.9 Å². The third-order valence-corrected chi connectivity index (χ3v) is 5.39. The summed E-state index contributed by atoms with van der Waals surface area (Å²) < 4.78 is 2.11. The Hall–Kier alpha value is -1.13. The standard InChI is InChI=1S/C15H21N3S/c1-16-12(6-7-15-17-8-9-18(15)2)14-10-11-4-3-5-13(11)19-14/h8-10,12,16H,3-7H2,1-2H3. The van der Waals surface area contributed by atoms with Crippen molar-refractivity contribution in [2.75, 3.05) is 7.05 Å². The second-order valence-corrected chi connectivity index (χ2v) is 6.45. The molecular weight excluding hydrogens is 254 g/mol. The van der Waals surface area contributed by atoms with Gasteiger partial charge in [-0.15, -0.1) is 11.3 Å². The van der Waals surface area contributed by atoms with Gasteiger partial charge in [0.05, 0.1) is 0 Å². The van der Waals surface area contributed by atoms with Gasteiger partial charge in [-0.05, 0) is 44.4 Å². The number of imidazole rings is 1. The number of aromatic nitrogens is 2. The van der Waals surface area contributed by atoms with Gasteiger partial charge in [0.2, 0.25) is 0 Å². The Morgan fingerprint density at radius 3 is 3.05 bits per heavy atom. The molecule has 19 heavy (non-hydrogen) atoms. The molecule has 4 heteroatoms. The molecule has 2 aromatic heterocycles. The van der Waals surface area contributed by atoms with E-state index in [-0.39, 0.29) is 0 Å². The van der Waals surface area contributed by atoms with E-state index < -0.39 is 0 Å². The predicted octanol–water partition coefficient (Wildman–Crippen LogP) is 2.86. The number of nitrogens with one attached hydrogen (secondary N) is 1. The number of thiophene rings is 1. The molecule has 3 rings (SSSR count). The second-order valence-electron chi connectivity index (χ2n) is 5.29. The summed E-state index contributed by atoms with van der Waals surface area (Å²) in [5.41, 5.74) is 1.59. The van der Waals surface area contributed by atoms with Crippen LogP contribution < -0.4 is 5.32 Å². The summed E-state index contributed by atoms with van der Waals surface area (Å²) in [6, 6.07) is 2.89. The molecule has 3 nitrogen and oxygen atoms in total. The van der Waals surface area contributed by atoms with Gasteiger partial charge in [0, 0.05) is 41.7 Å². The van der Waals surface area contributed by atoms with Gasteiger partial charge in [0.1, 0.15) is 5.82 Å². The van der Waals surface area contributed by atoms with Crippen LogP contribution in [-0.4, -0.2) is 16.6 Å². The quantitative estimate of drug-likeness (QED) is 0.909. The zero-order chi connectivity index (χ0) is 13.2. The van der Waals surface area contributed by atoms with Crippen LogP contribution in [0, 0.1) is 0 Å². The number of hydrogen-bond donors (Lipinski definition) is 1. The molecule has 2 aromatic rings. The molecule has 1 unspecified atom stereocenters. The topological polar surface area (TPSA) is 29.9 Å². The van der Waals surface area contributed by atoms with Crippen molar-refractivity contribution in [3.8, 4) is 0 Å². The van der Waals surface area contributed by atoms with Crippen molar-refractivity contribution in [3.63, 3.8) is 0 Å². The van der Waals surface area contributed by atoms with Crippen LogP contribution in [0.15, 0.2) is 18.5 Å². The van der Waals surface area contributed by atoms with Crippen molar-refractivity contribution in [2.24, 2.45) is 7.05 Å². The zero-order valence-electron chi connectivity index (χ0n) is 11.6. The average Bonchev–Trinajstić information content (AvgIpc) is 3.06. The third-order valence-electron chi connectivity index (χ3n) is 4.04. The first-order valence-corrected chi connectivity index (χ1v) is 7.84. The maximum Gasteiger partial charge on any atom is 0.108 e. The van der Waals surface area contributed by atoms with Crippen LogP contribution in [-0.2, 0) is 26.3 Å². The van der Waals surface area contributed by atoms with Gasteiger partial charge in [-0.3, -0.25) is 0 Å². The van der Waals surface area contributed by atoms with E-state index in [0.717, 1.165) is 12.8 Å². The second kappa shape index (κ2) is 5.47. The largest absolute Gasteiger partial charge is 0.338 e. The number of rotatable bonds is 5. The van der Waals surface area contributed by atoms with Gasteiger partial charge >= 0.3 is 0 Å². The summed E-state index contributed by atoms with van der Waals surface area (Å²) in [4.78, 5) is 7.52. The highest BCUT2D eigenvalue weighted by Gasteiger charge is 2.19. The van der Waals surface area contributed by atoms with E-state index in [1.54, 1.807) is 10.4 Å². The molecule has 0 amide bonds. The van der Waals surface area contributed by atoms with Crippen LogP contribution >= 0.6 is 11.3 Å². The molecule has 102 valence electrons. The van der Waals surface area contributed by atoms with Crippen molar-refractivity contribution in [2.45, 2.75) is 38.1 Å². The first-order valence-electron chi connectivity index (χ1n) is 7.03. The van der Waals surface area contributed by atoms with Crippen molar-refractivity contribution in [3.05, 3.63) is 39.6 Å². The fourth-order valence-corrected chi connectivity index (χ4v) is 4.27. The maximum absolute atomic E-state index is 4.40. The molecule has 0 saturated heterocycles. The van der Waals surface area contributed by atoms with Gasteiger partial charge in [0.15, 0.2) is 0 Å². The Bertz CT molecular complexity index is 534. The minimum atomic E-state index is 0.465. The summed E-state index contributed by atoms with van der Waals surface area (Å²) in [6.07, 6.45) is 9.95. The molecular formula is C15H21N3S. The fourth-order valence-electron chi connectivity index (χ4n) is 2.86. The predicted molar refractivity (Wildman–Crippen MR) is 79.7 cm³/mol. The molecule has 2 heterocycles. The lowest BCUT2D eigenvalue weighted by Gasteiger charge is -2.14. The Kier molecular flexibility index (Phi) is 3.71. The highest BCUT2D eigenvalue weighted by atomic mass is 32.1. The highest BCUT2D eigenvalue weighted by Crippen LogP contribution is 2.34. The minimum Gasteiger partial charge on any atom is -0.338 e. The average molecular weight is 275 g/mol. The van der Waals surface area contributed by atoms with E-state index in [2.05, 4.69) is 35.0 Å². The minimum absolute atomic E-state index is 0.465. The van der Waals surface area contributed by atoms with Crippen LogP contribution in [0.1, 0.15) is 40.0 Å². The molecule has 0 aromatic carbocycles. The molecule has 0 spiro atoms. The van der Waals surface area contributed by atoms with Crippen LogP contribution in [0.5, 0.6) is 0 Å². The Morgan fingerprint density at radius 2 is 2.37 bits per heavy atom. The molecule has 0 radical (unpaired) electrons.